The summed E-state index contributed by atoms with van der Waals surface area (Å²) in [7, 11) is 0. The number of aryl methyl sites for hydroxylation is 1. The molecule has 2 aromatic carbocycles. The van der Waals surface area contributed by atoms with Crippen LogP contribution in [0, 0.1) is 6.92 Å². The second-order valence-corrected chi connectivity index (χ2v) is 5.27. The van der Waals surface area contributed by atoms with Crippen LogP contribution in [0.15, 0.2) is 42.5 Å². The van der Waals surface area contributed by atoms with E-state index in [0.29, 0.717) is 18.8 Å². The lowest BCUT2D eigenvalue weighted by atomic mass is 10.1. The zero-order valence-electron chi connectivity index (χ0n) is 13.9. The Morgan fingerprint density at radius 2 is 1.70 bits per heavy atom. The van der Waals surface area contributed by atoms with E-state index in [9.17, 15) is 4.39 Å². The Hall–Kier alpha value is -1.91. The van der Waals surface area contributed by atoms with Gasteiger partial charge < -0.3 is 14.8 Å². The molecule has 3 nitrogen and oxygen atoms in total. The van der Waals surface area contributed by atoms with E-state index in [4.69, 9.17) is 9.47 Å². The number of ether oxygens (including phenoxy) is 2. The summed E-state index contributed by atoms with van der Waals surface area (Å²) >= 11 is 0. The molecule has 0 saturated heterocycles. The van der Waals surface area contributed by atoms with E-state index in [1.165, 1.54) is 0 Å². The second-order valence-electron chi connectivity index (χ2n) is 5.27. The number of alkyl halides is 1. The lowest BCUT2D eigenvalue weighted by Gasteiger charge is -2.20. The second kappa shape index (κ2) is 8.65. The molecule has 0 atom stereocenters. The van der Waals surface area contributed by atoms with Crippen molar-refractivity contribution in [2.75, 3.05) is 18.5 Å². The Morgan fingerprint density at radius 1 is 1.00 bits per heavy atom. The summed E-state index contributed by atoms with van der Waals surface area (Å²) < 4.78 is 24.0. The van der Waals surface area contributed by atoms with Crippen molar-refractivity contribution >= 4 is 11.4 Å². The minimum Gasteiger partial charge on any atom is -0.356 e. The zero-order chi connectivity index (χ0) is 16.7. The molecular weight excluding hydrogens is 293 g/mol. The van der Waals surface area contributed by atoms with Gasteiger partial charge in [-0.2, -0.15) is 0 Å². The first-order valence-electron chi connectivity index (χ1n) is 7.93. The Morgan fingerprint density at radius 3 is 2.30 bits per heavy atom. The first-order chi connectivity index (χ1) is 11.2. The van der Waals surface area contributed by atoms with Crippen LogP contribution >= 0.6 is 0 Å². The molecule has 0 amide bonds. The van der Waals surface area contributed by atoms with Gasteiger partial charge in [-0.3, -0.25) is 0 Å². The smallest absolute Gasteiger partial charge is 0.184 e. The van der Waals surface area contributed by atoms with E-state index in [2.05, 4.69) is 5.32 Å². The Bertz CT molecular complexity index is 625. The molecule has 2 aromatic rings. The quantitative estimate of drug-likeness (QED) is 0.672. The third-order valence-corrected chi connectivity index (χ3v) is 3.53. The molecule has 0 bridgehead atoms. The minimum absolute atomic E-state index is 0.339. The van der Waals surface area contributed by atoms with Crippen LogP contribution in [0.4, 0.5) is 15.8 Å². The van der Waals surface area contributed by atoms with Gasteiger partial charge in [-0.15, -0.1) is 0 Å². The fourth-order valence-electron chi connectivity index (χ4n) is 2.45. The fourth-order valence-corrected chi connectivity index (χ4v) is 2.45. The van der Waals surface area contributed by atoms with Gasteiger partial charge in [-0.05, 0) is 56.2 Å². The minimum atomic E-state index is -0.460. The van der Waals surface area contributed by atoms with E-state index < -0.39 is 6.67 Å². The third-order valence-electron chi connectivity index (χ3n) is 3.53. The topological polar surface area (TPSA) is 30.5 Å². The largest absolute Gasteiger partial charge is 0.356 e. The molecule has 0 unspecified atom stereocenters. The highest BCUT2D eigenvalue weighted by Gasteiger charge is 2.14. The van der Waals surface area contributed by atoms with Crippen LogP contribution in [0.5, 0.6) is 0 Å². The normalized spacial score (nSPS) is 11.0. The van der Waals surface area contributed by atoms with Gasteiger partial charge in [0.1, 0.15) is 6.67 Å². The average Bonchev–Trinajstić information content (AvgIpc) is 2.55. The number of rotatable bonds is 8. The SMILES string of the molecule is CCOC(OCC)c1ccc(Nc2cccc(CF)c2)cc1C. The van der Waals surface area contributed by atoms with Crippen molar-refractivity contribution in [2.24, 2.45) is 0 Å². The first-order valence-corrected chi connectivity index (χ1v) is 7.93. The molecule has 0 aromatic heterocycles. The summed E-state index contributed by atoms with van der Waals surface area (Å²) in [5.74, 6) is 0. The van der Waals surface area contributed by atoms with Crippen molar-refractivity contribution < 1.29 is 13.9 Å². The monoisotopic (exact) mass is 317 g/mol. The van der Waals surface area contributed by atoms with Crippen LogP contribution in [0.1, 0.15) is 36.8 Å². The van der Waals surface area contributed by atoms with Crippen LogP contribution < -0.4 is 5.32 Å². The maximum Gasteiger partial charge on any atom is 0.184 e. The first kappa shape index (κ1) is 17.4. The Balaban J connectivity index is 2.17. The molecule has 0 fully saturated rings. The molecule has 0 saturated carbocycles. The number of anilines is 2. The average molecular weight is 317 g/mol. The van der Waals surface area contributed by atoms with Crippen molar-refractivity contribution in [1.82, 2.24) is 0 Å². The van der Waals surface area contributed by atoms with E-state index in [1.54, 1.807) is 6.07 Å². The third kappa shape index (κ3) is 4.78. The summed E-state index contributed by atoms with van der Waals surface area (Å²) in [6, 6.07) is 13.4. The van der Waals surface area contributed by atoms with Crippen molar-refractivity contribution in [3.05, 3.63) is 59.2 Å². The van der Waals surface area contributed by atoms with Crippen LogP contribution in [0.3, 0.4) is 0 Å². The van der Waals surface area contributed by atoms with Crippen molar-refractivity contribution in [1.29, 1.82) is 0 Å². The summed E-state index contributed by atoms with van der Waals surface area (Å²) in [6.45, 7) is 6.67. The number of hydrogen-bond acceptors (Lipinski definition) is 3. The number of nitrogens with one attached hydrogen (secondary N) is 1. The van der Waals surface area contributed by atoms with Gasteiger partial charge in [0, 0.05) is 30.2 Å². The highest BCUT2D eigenvalue weighted by molar-refractivity contribution is 5.61. The standard InChI is InChI=1S/C19H24FNO2/c1-4-22-19(23-5-2)18-10-9-17(11-14(18)3)21-16-8-6-7-15(12-16)13-20/h6-12,19,21H,4-5,13H2,1-3H3. The van der Waals surface area contributed by atoms with Crippen LogP contribution in [-0.2, 0) is 16.1 Å². The fraction of sp³-hybridized carbons (Fsp3) is 0.368. The Labute approximate surface area is 137 Å². The molecule has 0 spiro atoms. The van der Waals surface area contributed by atoms with Crippen LogP contribution in [0.2, 0.25) is 0 Å². The van der Waals surface area contributed by atoms with Gasteiger partial charge >= 0.3 is 0 Å². The van der Waals surface area contributed by atoms with E-state index in [1.807, 2.05) is 57.2 Å². The molecular formula is C19H24FNO2. The lowest BCUT2D eigenvalue weighted by Crippen LogP contribution is -2.10. The van der Waals surface area contributed by atoms with Gasteiger partial charge in [0.15, 0.2) is 6.29 Å². The maximum atomic E-state index is 12.7. The van der Waals surface area contributed by atoms with Crippen LogP contribution in [-0.4, -0.2) is 13.2 Å². The molecule has 0 radical (unpaired) electrons. The van der Waals surface area contributed by atoms with Crippen molar-refractivity contribution in [3.63, 3.8) is 0 Å². The highest BCUT2D eigenvalue weighted by Crippen LogP contribution is 2.27. The summed E-state index contributed by atoms with van der Waals surface area (Å²) in [4.78, 5) is 0. The lowest BCUT2D eigenvalue weighted by molar-refractivity contribution is -0.140. The molecule has 0 aliphatic carbocycles. The van der Waals surface area contributed by atoms with E-state index in [-0.39, 0.29) is 6.29 Å². The predicted molar refractivity (Wildman–Crippen MR) is 91.7 cm³/mol. The zero-order valence-corrected chi connectivity index (χ0v) is 13.9. The van der Waals surface area contributed by atoms with Gasteiger partial charge in [-0.1, -0.05) is 18.2 Å². The highest BCUT2D eigenvalue weighted by atomic mass is 19.1. The Kier molecular flexibility index (Phi) is 6.56. The van der Waals surface area contributed by atoms with Gasteiger partial charge in [0.25, 0.3) is 0 Å². The molecule has 4 heteroatoms. The summed E-state index contributed by atoms with van der Waals surface area (Å²) in [6.07, 6.45) is -0.339. The molecule has 124 valence electrons. The number of halogens is 1. The van der Waals surface area contributed by atoms with E-state index >= 15 is 0 Å². The summed E-state index contributed by atoms with van der Waals surface area (Å²) in [5.41, 5.74) is 4.60. The van der Waals surface area contributed by atoms with Crippen molar-refractivity contribution in [3.8, 4) is 0 Å². The molecule has 0 aliphatic rings. The molecule has 23 heavy (non-hydrogen) atoms. The predicted octanol–water partition coefficient (Wildman–Crippen LogP) is 5.28. The van der Waals surface area contributed by atoms with E-state index in [0.717, 1.165) is 22.5 Å². The van der Waals surface area contributed by atoms with Gasteiger partial charge in [0.05, 0.1) is 0 Å². The maximum absolute atomic E-state index is 12.7. The molecule has 0 heterocycles. The van der Waals surface area contributed by atoms with Crippen molar-refractivity contribution in [2.45, 2.75) is 33.7 Å². The molecule has 1 N–H and O–H groups in total. The van der Waals surface area contributed by atoms with Gasteiger partial charge in [-0.25, -0.2) is 4.39 Å². The molecule has 2 rings (SSSR count). The van der Waals surface area contributed by atoms with Crippen LogP contribution in [0.25, 0.3) is 0 Å². The number of benzene rings is 2. The molecule has 0 aliphatic heterocycles. The summed E-state index contributed by atoms with van der Waals surface area (Å²) in [5, 5.41) is 3.30. The number of hydrogen-bond donors (Lipinski definition) is 1. The van der Waals surface area contributed by atoms with Gasteiger partial charge in [0.2, 0.25) is 0 Å².